The van der Waals surface area contributed by atoms with Crippen molar-refractivity contribution in [3.05, 3.63) is 40.7 Å². The summed E-state index contributed by atoms with van der Waals surface area (Å²) in [7, 11) is 0. The van der Waals surface area contributed by atoms with E-state index in [0.29, 0.717) is 17.8 Å². The number of carbonyl (C=O) groups is 1. The maximum absolute atomic E-state index is 11.1. The summed E-state index contributed by atoms with van der Waals surface area (Å²) in [6.07, 6.45) is 0.479. The van der Waals surface area contributed by atoms with E-state index in [-0.39, 0.29) is 16.5 Å². The Hall–Kier alpha value is -2.01. The van der Waals surface area contributed by atoms with Gasteiger partial charge in [0.05, 0.1) is 11.4 Å². The number of aromatic nitrogens is 2. The van der Waals surface area contributed by atoms with E-state index in [1.54, 1.807) is 12.1 Å². The smallest absolute Gasteiger partial charge is 0.340 e. The van der Waals surface area contributed by atoms with Gasteiger partial charge in [0.15, 0.2) is 0 Å². The molecule has 2 N–H and O–H groups in total. The van der Waals surface area contributed by atoms with Crippen LogP contribution in [0.1, 0.15) is 23.0 Å². The SMILES string of the molecule is CCc1nn(-c2ccc(O)cc2)c(Cl)c1C(=O)O. The van der Waals surface area contributed by atoms with Crippen molar-refractivity contribution in [1.29, 1.82) is 0 Å². The maximum atomic E-state index is 11.1. The van der Waals surface area contributed by atoms with Crippen molar-refractivity contribution in [2.75, 3.05) is 0 Å². The summed E-state index contributed by atoms with van der Waals surface area (Å²) in [6, 6.07) is 6.19. The fraction of sp³-hybridized carbons (Fsp3) is 0.167. The highest BCUT2D eigenvalue weighted by Gasteiger charge is 2.21. The molecule has 0 saturated carbocycles. The monoisotopic (exact) mass is 266 g/mol. The molecular weight excluding hydrogens is 256 g/mol. The van der Waals surface area contributed by atoms with E-state index in [1.807, 2.05) is 6.92 Å². The van der Waals surface area contributed by atoms with Gasteiger partial charge in [-0.15, -0.1) is 0 Å². The van der Waals surface area contributed by atoms with Crippen molar-refractivity contribution < 1.29 is 15.0 Å². The molecule has 2 rings (SSSR count). The van der Waals surface area contributed by atoms with Crippen LogP contribution < -0.4 is 0 Å². The number of phenols is 1. The van der Waals surface area contributed by atoms with Crippen molar-refractivity contribution in [2.45, 2.75) is 13.3 Å². The lowest BCUT2D eigenvalue weighted by Gasteiger charge is -2.02. The third-order valence-corrected chi connectivity index (χ3v) is 2.89. The quantitative estimate of drug-likeness (QED) is 0.895. The maximum Gasteiger partial charge on any atom is 0.340 e. The van der Waals surface area contributed by atoms with Gasteiger partial charge in [-0.2, -0.15) is 5.10 Å². The minimum atomic E-state index is -1.10. The average molecular weight is 267 g/mol. The molecule has 0 aliphatic rings. The zero-order valence-corrected chi connectivity index (χ0v) is 10.3. The molecule has 0 bridgehead atoms. The zero-order chi connectivity index (χ0) is 13.3. The van der Waals surface area contributed by atoms with Crippen molar-refractivity contribution >= 4 is 17.6 Å². The highest BCUT2D eigenvalue weighted by atomic mass is 35.5. The molecule has 0 aliphatic heterocycles. The van der Waals surface area contributed by atoms with Crippen LogP contribution in [0.3, 0.4) is 0 Å². The standard InChI is InChI=1S/C12H11ClN2O3/c1-2-9-10(12(17)18)11(13)15(14-9)7-3-5-8(16)6-4-7/h3-6,16H,2H2,1H3,(H,17,18). The molecule has 2 aromatic rings. The lowest BCUT2D eigenvalue weighted by molar-refractivity contribution is 0.0696. The molecule has 94 valence electrons. The lowest BCUT2D eigenvalue weighted by atomic mass is 10.2. The number of carboxylic acid groups (broad SMARTS) is 1. The first-order valence-electron chi connectivity index (χ1n) is 5.34. The number of aromatic carboxylic acids is 1. The van der Waals surface area contributed by atoms with E-state index >= 15 is 0 Å². The number of aromatic hydroxyl groups is 1. The molecule has 1 heterocycles. The van der Waals surface area contributed by atoms with Crippen molar-refractivity contribution in [3.8, 4) is 11.4 Å². The van der Waals surface area contributed by atoms with Gasteiger partial charge in [0.25, 0.3) is 0 Å². The summed E-state index contributed by atoms with van der Waals surface area (Å²) in [4.78, 5) is 11.1. The second kappa shape index (κ2) is 4.70. The third kappa shape index (κ3) is 2.04. The van der Waals surface area contributed by atoms with E-state index < -0.39 is 5.97 Å². The van der Waals surface area contributed by atoms with Gasteiger partial charge < -0.3 is 10.2 Å². The molecule has 0 aliphatic carbocycles. The fourth-order valence-electron chi connectivity index (χ4n) is 1.66. The molecule has 6 heteroatoms. The Kier molecular flexibility index (Phi) is 3.25. The summed E-state index contributed by atoms with van der Waals surface area (Å²) < 4.78 is 1.35. The van der Waals surface area contributed by atoms with E-state index in [0.717, 1.165) is 0 Å². The predicted octanol–water partition coefficient (Wildman–Crippen LogP) is 2.49. The number of nitrogens with zero attached hydrogens (tertiary/aromatic N) is 2. The normalized spacial score (nSPS) is 10.6. The first kappa shape index (κ1) is 12.4. The van der Waals surface area contributed by atoms with E-state index in [9.17, 15) is 9.90 Å². The first-order valence-corrected chi connectivity index (χ1v) is 5.72. The molecule has 0 spiro atoms. The number of hydrogen-bond donors (Lipinski definition) is 2. The van der Waals surface area contributed by atoms with Crippen LogP contribution in [-0.4, -0.2) is 26.0 Å². The number of aryl methyl sites for hydroxylation is 1. The number of halogens is 1. The van der Waals surface area contributed by atoms with Crippen LogP contribution in [0.5, 0.6) is 5.75 Å². The Labute approximate surface area is 108 Å². The number of rotatable bonds is 3. The van der Waals surface area contributed by atoms with Crippen LogP contribution >= 0.6 is 11.6 Å². The molecule has 0 unspecified atom stereocenters. The third-order valence-electron chi connectivity index (χ3n) is 2.54. The van der Waals surface area contributed by atoms with Gasteiger partial charge in [-0.05, 0) is 30.7 Å². The van der Waals surface area contributed by atoms with Crippen LogP contribution in [0.2, 0.25) is 5.15 Å². The van der Waals surface area contributed by atoms with Crippen LogP contribution in [-0.2, 0) is 6.42 Å². The number of hydrogen-bond acceptors (Lipinski definition) is 3. The zero-order valence-electron chi connectivity index (χ0n) is 9.59. The minimum Gasteiger partial charge on any atom is -0.508 e. The summed E-state index contributed by atoms with van der Waals surface area (Å²) in [5.41, 5.74) is 1.05. The van der Waals surface area contributed by atoms with Crippen molar-refractivity contribution in [3.63, 3.8) is 0 Å². The highest BCUT2D eigenvalue weighted by molar-refractivity contribution is 6.32. The fourth-order valence-corrected chi connectivity index (χ4v) is 1.99. The van der Waals surface area contributed by atoms with Crippen LogP contribution in [0, 0.1) is 0 Å². The number of carboxylic acids is 1. The summed E-state index contributed by atoms with van der Waals surface area (Å²) >= 11 is 6.03. The van der Waals surface area contributed by atoms with E-state index in [1.165, 1.54) is 16.8 Å². The van der Waals surface area contributed by atoms with Crippen LogP contribution in [0.4, 0.5) is 0 Å². The summed E-state index contributed by atoms with van der Waals surface area (Å²) in [6.45, 7) is 1.81. The molecule has 0 fully saturated rings. The Morgan fingerprint density at radius 2 is 2.00 bits per heavy atom. The Bertz CT molecular complexity index is 590. The van der Waals surface area contributed by atoms with Gasteiger partial charge in [-0.1, -0.05) is 18.5 Å². The first-order chi connectivity index (χ1) is 8.54. The molecule has 18 heavy (non-hydrogen) atoms. The summed E-state index contributed by atoms with van der Waals surface area (Å²) in [5, 5.41) is 22.5. The summed E-state index contributed by atoms with van der Waals surface area (Å²) in [5.74, 6) is -0.974. The lowest BCUT2D eigenvalue weighted by Crippen LogP contribution is -1.99. The molecule has 1 aromatic heterocycles. The second-order valence-electron chi connectivity index (χ2n) is 3.70. The van der Waals surface area contributed by atoms with Gasteiger partial charge in [-0.25, -0.2) is 9.48 Å². The highest BCUT2D eigenvalue weighted by Crippen LogP contribution is 2.25. The van der Waals surface area contributed by atoms with Crippen LogP contribution in [0.15, 0.2) is 24.3 Å². The van der Waals surface area contributed by atoms with Gasteiger partial charge in [0.1, 0.15) is 16.5 Å². The number of benzene rings is 1. The molecule has 0 radical (unpaired) electrons. The van der Waals surface area contributed by atoms with Crippen molar-refractivity contribution in [1.82, 2.24) is 9.78 Å². The Morgan fingerprint density at radius 1 is 1.39 bits per heavy atom. The molecule has 0 amide bonds. The van der Waals surface area contributed by atoms with E-state index in [4.69, 9.17) is 16.7 Å². The van der Waals surface area contributed by atoms with Gasteiger partial charge in [-0.3, -0.25) is 0 Å². The molecule has 1 aromatic carbocycles. The largest absolute Gasteiger partial charge is 0.508 e. The van der Waals surface area contributed by atoms with E-state index in [2.05, 4.69) is 5.10 Å². The average Bonchev–Trinajstić information content (AvgIpc) is 2.67. The van der Waals surface area contributed by atoms with Crippen LogP contribution in [0.25, 0.3) is 5.69 Å². The second-order valence-corrected chi connectivity index (χ2v) is 4.06. The molecule has 0 atom stereocenters. The number of phenolic OH excluding ortho intramolecular Hbond substituents is 1. The Morgan fingerprint density at radius 3 is 2.44 bits per heavy atom. The molecule has 5 nitrogen and oxygen atoms in total. The molecular formula is C12H11ClN2O3. The van der Waals surface area contributed by atoms with Crippen molar-refractivity contribution in [2.24, 2.45) is 0 Å². The predicted molar refractivity (Wildman–Crippen MR) is 66.6 cm³/mol. The topological polar surface area (TPSA) is 75.3 Å². The Balaban J connectivity index is 2.59. The van der Waals surface area contributed by atoms with Gasteiger partial charge in [0, 0.05) is 0 Å². The minimum absolute atomic E-state index is 0.0206. The van der Waals surface area contributed by atoms with Gasteiger partial charge in [0.2, 0.25) is 0 Å². The van der Waals surface area contributed by atoms with Gasteiger partial charge >= 0.3 is 5.97 Å². The molecule has 0 saturated heterocycles.